The summed E-state index contributed by atoms with van der Waals surface area (Å²) < 4.78 is 5.05. The molecule has 2 heterocycles. The highest BCUT2D eigenvalue weighted by Crippen LogP contribution is 2.22. The zero-order valence-electron chi connectivity index (χ0n) is 15.7. The van der Waals surface area contributed by atoms with Gasteiger partial charge in [0.25, 0.3) is 11.8 Å². The first-order valence-corrected chi connectivity index (χ1v) is 8.57. The summed E-state index contributed by atoms with van der Waals surface area (Å²) in [7, 11) is 2.88. The van der Waals surface area contributed by atoms with Crippen molar-refractivity contribution in [1.82, 2.24) is 9.80 Å². The second kappa shape index (κ2) is 7.55. The van der Waals surface area contributed by atoms with Crippen LogP contribution in [-0.4, -0.2) is 53.7 Å². The van der Waals surface area contributed by atoms with E-state index in [2.05, 4.69) is 10.6 Å². The zero-order valence-corrected chi connectivity index (χ0v) is 15.7. The van der Waals surface area contributed by atoms with E-state index in [9.17, 15) is 19.2 Å². The third-order valence-corrected chi connectivity index (χ3v) is 4.55. The van der Waals surface area contributed by atoms with Crippen LogP contribution in [0.5, 0.6) is 0 Å². The molecule has 28 heavy (non-hydrogen) atoms. The molecule has 9 nitrogen and oxygen atoms in total. The monoisotopic (exact) mass is 384 g/mol. The second-order valence-corrected chi connectivity index (χ2v) is 6.52. The number of rotatable bonds is 5. The third-order valence-electron chi connectivity index (χ3n) is 4.55. The molecule has 1 aliphatic rings. The molecular formula is C19H20N4O5. The van der Waals surface area contributed by atoms with Gasteiger partial charge in [-0.15, -0.1) is 0 Å². The van der Waals surface area contributed by atoms with Crippen molar-refractivity contribution in [1.29, 1.82) is 0 Å². The maximum absolute atomic E-state index is 12.3. The number of aryl methyl sites for hydroxylation is 1. The fourth-order valence-corrected chi connectivity index (χ4v) is 2.94. The summed E-state index contributed by atoms with van der Waals surface area (Å²) in [4.78, 5) is 50.4. The van der Waals surface area contributed by atoms with Crippen molar-refractivity contribution < 1.29 is 23.6 Å². The summed E-state index contributed by atoms with van der Waals surface area (Å²) in [6.45, 7) is 1.79. The Kier molecular flexibility index (Phi) is 5.16. The van der Waals surface area contributed by atoms with Gasteiger partial charge in [-0.1, -0.05) is 0 Å². The van der Waals surface area contributed by atoms with Gasteiger partial charge in [-0.25, -0.2) is 4.79 Å². The van der Waals surface area contributed by atoms with Gasteiger partial charge < -0.3 is 20.0 Å². The van der Waals surface area contributed by atoms with Gasteiger partial charge in [0.05, 0.1) is 12.7 Å². The number of anilines is 2. The van der Waals surface area contributed by atoms with E-state index in [0.29, 0.717) is 11.4 Å². The summed E-state index contributed by atoms with van der Waals surface area (Å²) in [5, 5.41) is 5.44. The van der Waals surface area contributed by atoms with E-state index in [0.717, 1.165) is 10.5 Å². The lowest BCUT2D eigenvalue weighted by molar-refractivity contribution is -0.129. The molecule has 3 rings (SSSR count). The summed E-state index contributed by atoms with van der Waals surface area (Å²) in [5.41, 5.74) is 1.84. The molecule has 0 bridgehead atoms. The molecule has 2 N–H and O–H groups in total. The summed E-state index contributed by atoms with van der Waals surface area (Å²) >= 11 is 0. The van der Waals surface area contributed by atoms with Crippen molar-refractivity contribution in [2.45, 2.75) is 19.4 Å². The van der Waals surface area contributed by atoms with Crippen LogP contribution in [0.25, 0.3) is 0 Å². The molecular weight excluding hydrogens is 364 g/mol. The van der Waals surface area contributed by atoms with Crippen molar-refractivity contribution in [2.75, 3.05) is 24.7 Å². The van der Waals surface area contributed by atoms with E-state index in [1.54, 1.807) is 37.3 Å². The maximum Gasteiger partial charge on any atom is 0.326 e. The molecule has 1 saturated heterocycles. The minimum Gasteiger partial charge on any atom is -0.459 e. The number of nitrogens with zero attached hydrogens (tertiary/aromatic N) is 2. The lowest BCUT2D eigenvalue weighted by atomic mass is 10.1. The quantitative estimate of drug-likeness (QED) is 0.767. The van der Waals surface area contributed by atoms with Crippen LogP contribution in [0.1, 0.15) is 22.5 Å². The standard InChI is InChI=1S/C19H20N4O5/c1-11-9-12(6-7-13(11)21-17(25)15-5-4-8-28-15)20-16(24)10-14-18(26)23(3)19(27)22(14)2/h4-9,14H,10H2,1-3H3,(H,20,24)(H,21,25). The highest BCUT2D eigenvalue weighted by molar-refractivity contribution is 6.06. The van der Waals surface area contributed by atoms with Gasteiger partial charge in [-0.05, 0) is 42.8 Å². The van der Waals surface area contributed by atoms with E-state index in [-0.39, 0.29) is 24.0 Å². The number of amides is 5. The van der Waals surface area contributed by atoms with Crippen molar-refractivity contribution in [3.05, 3.63) is 47.9 Å². The summed E-state index contributed by atoms with van der Waals surface area (Å²) in [5.74, 6) is -0.974. The molecule has 1 aliphatic heterocycles. The highest BCUT2D eigenvalue weighted by atomic mass is 16.3. The average Bonchev–Trinajstić information content (AvgIpc) is 3.25. The molecule has 0 aliphatic carbocycles. The lowest BCUT2D eigenvalue weighted by Crippen LogP contribution is -2.35. The first kappa shape index (κ1) is 19.2. The van der Waals surface area contributed by atoms with Gasteiger partial charge in [-0.2, -0.15) is 0 Å². The van der Waals surface area contributed by atoms with Crippen molar-refractivity contribution in [2.24, 2.45) is 0 Å². The van der Waals surface area contributed by atoms with Crippen LogP contribution < -0.4 is 10.6 Å². The number of carbonyl (C=O) groups is 4. The molecule has 0 saturated carbocycles. The average molecular weight is 384 g/mol. The number of benzene rings is 1. The number of furan rings is 1. The Morgan fingerprint density at radius 2 is 1.89 bits per heavy atom. The summed E-state index contributed by atoms with van der Waals surface area (Å²) in [6, 6.07) is 6.94. The number of likely N-dealkylation sites (N-methyl/N-ethyl adjacent to an activating group) is 2. The molecule has 1 atom stereocenters. The van der Waals surface area contributed by atoms with Gasteiger partial charge in [0, 0.05) is 25.5 Å². The Labute approximate surface area is 161 Å². The second-order valence-electron chi connectivity index (χ2n) is 6.52. The van der Waals surface area contributed by atoms with Crippen LogP contribution in [0.3, 0.4) is 0 Å². The molecule has 1 unspecified atom stereocenters. The number of imide groups is 1. The lowest BCUT2D eigenvalue weighted by Gasteiger charge is -2.16. The number of hydrogen-bond acceptors (Lipinski definition) is 5. The predicted molar refractivity (Wildman–Crippen MR) is 101 cm³/mol. The zero-order chi connectivity index (χ0) is 20.4. The smallest absolute Gasteiger partial charge is 0.326 e. The van der Waals surface area contributed by atoms with E-state index < -0.39 is 18.0 Å². The minimum atomic E-state index is -0.814. The normalized spacial score (nSPS) is 16.5. The fourth-order valence-electron chi connectivity index (χ4n) is 2.94. The molecule has 1 aromatic carbocycles. The molecule has 5 amide bonds. The predicted octanol–water partition coefficient (Wildman–Crippen LogP) is 2.06. The largest absolute Gasteiger partial charge is 0.459 e. The number of urea groups is 1. The number of carbonyl (C=O) groups excluding carboxylic acids is 4. The first-order chi connectivity index (χ1) is 13.3. The van der Waals surface area contributed by atoms with Gasteiger partial charge in [-0.3, -0.25) is 19.3 Å². The van der Waals surface area contributed by atoms with E-state index >= 15 is 0 Å². The Balaban J connectivity index is 1.63. The van der Waals surface area contributed by atoms with Gasteiger partial charge in [0.1, 0.15) is 6.04 Å². The topological polar surface area (TPSA) is 112 Å². The fraction of sp³-hybridized carbons (Fsp3) is 0.263. The maximum atomic E-state index is 12.3. The van der Waals surface area contributed by atoms with Crippen LogP contribution in [0.2, 0.25) is 0 Å². The van der Waals surface area contributed by atoms with Crippen LogP contribution in [0, 0.1) is 6.92 Å². The Bertz CT molecular complexity index is 938. The van der Waals surface area contributed by atoms with E-state index in [1.807, 2.05) is 0 Å². The van der Waals surface area contributed by atoms with Gasteiger partial charge in [0.15, 0.2) is 5.76 Å². The SMILES string of the molecule is Cc1cc(NC(=O)CC2C(=O)N(C)C(=O)N2C)ccc1NC(=O)c1ccco1. The molecule has 0 radical (unpaired) electrons. The Morgan fingerprint density at radius 1 is 1.14 bits per heavy atom. The number of hydrogen-bond donors (Lipinski definition) is 2. The minimum absolute atomic E-state index is 0.137. The van der Waals surface area contributed by atoms with Crippen molar-refractivity contribution in [3.8, 4) is 0 Å². The van der Waals surface area contributed by atoms with E-state index in [1.165, 1.54) is 25.3 Å². The van der Waals surface area contributed by atoms with Crippen molar-refractivity contribution >= 4 is 35.1 Å². The van der Waals surface area contributed by atoms with Crippen LogP contribution in [0.15, 0.2) is 41.0 Å². The Hall–Kier alpha value is -3.62. The third kappa shape index (κ3) is 3.73. The molecule has 1 fully saturated rings. The first-order valence-electron chi connectivity index (χ1n) is 8.57. The van der Waals surface area contributed by atoms with Crippen LogP contribution in [0.4, 0.5) is 16.2 Å². The van der Waals surface area contributed by atoms with Gasteiger partial charge >= 0.3 is 6.03 Å². The molecule has 9 heteroatoms. The van der Waals surface area contributed by atoms with Crippen molar-refractivity contribution in [3.63, 3.8) is 0 Å². The molecule has 146 valence electrons. The van der Waals surface area contributed by atoms with Gasteiger partial charge in [0.2, 0.25) is 5.91 Å². The highest BCUT2D eigenvalue weighted by Gasteiger charge is 2.41. The number of nitrogens with one attached hydrogen (secondary N) is 2. The van der Waals surface area contributed by atoms with Crippen LogP contribution in [-0.2, 0) is 9.59 Å². The summed E-state index contributed by atoms with van der Waals surface area (Å²) in [6.07, 6.45) is 1.28. The molecule has 1 aromatic heterocycles. The van der Waals surface area contributed by atoms with Crippen LogP contribution >= 0.6 is 0 Å². The molecule has 0 spiro atoms. The van der Waals surface area contributed by atoms with E-state index in [4.69, 9.17) is 4.42 Å². The Morgan fingerprint density at radius 3 is 2.46 bits per heavy atom. The molecule has 2 aromatic rings.